The van der Waals surface area contributed by atoms with Crippen molar-refractivity contribution in [2.45, 2.75) is 26.6 Å². The summed E-state index contributed by atoms with van der Waals surface area (Å²) in [7, 11) is 0. The quantitative estimate of drug-likeness (QED) is 0.920. The smallest absolute Gasteiger partial charge is 0.406 e. The van der Waals surface area contributed by atoms with E-state index >= 15 is 0 Å². The topological polar surface area (TPSA) is 51.2 Å². The van der Waals surface area contributed by atoms with E-state index in [0.29, 0.717) is 21.8 Å². The number of carbonyl (C=O) groups excluding carboxylic acids is 1. The number of aromatic nitrogens is 1. The molecule has 0 unspecified atom stereocenters. The number of thiazole rings is 1. The molecule has 0 spiro atoms. The Labute approximate surface area is 122 Å². The van der Waals surface area contributed by atoms with Crippen LogP contribution in [0.25, 0.3) is 10.2 Å². The predicted octanol–water partition coefficient (Wildman–Crippen LogP) is 4.18. The fourth-order valence-electron chi connectivity index (χ4n) is 1.70. The van der Waals surface area contributed by atoms with Gasteiger partial charge in [0, 0.05) is 12.5 Å². The van der Waals surface area contributed by atoms with Gasteiger partial charge in [0.1, 0.15) is 5.75 Å². The first-order valence-corrected chi connectivity index (χ1v) is 7.01. The molecule has 21 heavy (non-hydrogen) atoms. The van der Waals surface area contributed by atoms with E-state index in [1.54, 1.807) is 0 Å². The maximum absolute atomic E-state index is 12.1. The molecule has 4 nitrogen and oxygen atoms in total. The first-order chi connectivity index (χ1) is 9.73. The number of alkyl halides is 3. The number of anilines is 1. The van der Waals surface area contributed by atoms with Crippen LogP contribution >= 0.6 is 11.3 Å². The van der Waals surface area contributed by atoms with Crippen molar-refractivity contribution in [1.29, 1.82) is 0 Å². The van der Waals surface area contributed by atoms with Crippen molar-refractivity contribution in [1.82, 2.24) is 4.98 Å². The molecule has 1 aromatic carbocycles. The highest BCUT2D eigenvalue weighted by Crippen LogP contribution is 2.31. The summed E-state index contributed by atoms with van der Waals surface area (Å²) < 4.78 is 40.8. The standard InChI is InChI=1S/C13H13F3N2O2S/c1-7(2)5-11(19)18-12-17-9-4-3-8(6-10(9)21-12)20-13(14,15)16/h3-4,6-7H,5H2,1-2H3,(H,17,18,19). The lowest BCUT2D eigenvalue weighted by molar-refractivity contribution is -0.274. The van der Waals surface area contributed by atoms with E-state index in [-0.39, 0.29) is 17.6 Å². The molecule has 0 bridgehead atoms. The van der Waals surface area contributed by atoms with E-state index in [2.05, 4.69) is 15.0 Å². The highest BCUT2D eigenvalue weighted by atomic mass is 32.1. The molecule has 0 saturated carbocycles. The summed E-state index contributed by atoms with van der Waals surface area (Å²) >= 11 is 1.10. The van der Waals surface area contributed by atoms with Gasteiger partial charge in [-0.1, -0.05) is 25.2 Å². The highest BCUT2D eigenvalue weighted by Gasteiger charge is 2.31. The van der Waals surface area contributed by atoms with Gasteiger partial charge < -0.3 is 10.1 Å². The number of fused-ring (bicyclic) bond motifs is 1. The molecule has 8 heteroatoms. The first kappa shape index (κ1) is 15.6. The minimum absolute atomic E-state index is 0.171. The molecule has 2 rings (SSSR count). The molecule has 0 aliphatic carbocycles. The number of carbonyl (C=O) groups is 1. The number of amides is 1. The van der Waals surface area contributed by atoms with Crippen molar-refractivity contribution < 1.29 is 22.7 Å². The molecular formula is C13H13F3N2O2S. The van der Waals surface area contributed by atoms with E-state index in [4.69, 9.17) is 0 Å². The van der Waals surface area contributed by atoms with Crippen molar-refractivity contribution in [2.24, 2.45) is 5.92 Å². The van der Waals surface area contributed by atoms with Crippen molar-refractivity contribution in [2.75, 3.05) is 5.32 Å². The fourth-order valence-corrected chi connectivity index (χ4v) is 2.61. The summed E-state index contributed by atoms with van der Waals surface area (Å²) in [6.45, 7) is 3.83. The van der Waals surface area contributed by atoms with E-state index < -0.39 is 6.36 Å². The molecule has 1 aromatic heterocycles. The van der Waals surface area contributed by atoms with Gasteiger partial charge in [0.25, 0.3) is 0 Å². The molecule has 2 aromatic rings. The Bertz CT molecular complexity index is 652. The summed E-state index contributed by atoms with van der Waals surface area (Å²) in [6, 6.07) is 3.86. The third-order valence-corrected chi connectivity index (χ3v) is 3.37. The van der Waals surface area contributed by atoms with Gasteiger partial charge in [-0.25, -0.2) is 4.98 Å². The lowest BCUT2D eigenvalue weighted by atomic mass is 10.1. The summed E-state index contributed by atoms with van der Waals surface area (Å²) in [5, 5.41) is 3.00. The van der Waals surface area contributed by atoms with Crippen LogP contribution in [0.4, 0.5) is 18.3 Å². The second-order valence-corrected chi connectivity index (χ2v) is 5.87. The van der Waals surface area contributed by atoms with Crippen LogP contribution in [0.5, 0.6) is 5.75 Å². The summed E-state index contributed by atoms with van der Waals surface area (Å²) in [5.74, 6) is -0.263. The Morgan fingerprint density at radius 3 is 2.76 bits per heavy atom. The third-order valence-electron chi connectivity index (χ3n) is 2.43. The van der Waals surface area contributed by atoms with Crippen LogP contribution < -0.4 is 10.1 Å². The lowest BCUT2D eigenvalue weighted by Crippen LogP contribution is -2.16. The van der Waals surface area contributed by atoms with Crippen LogP contribution in [0.3, 0.4) is 0 Å². The number of hydrogen-bond acceptors (Lipinski definition) is 4. The molecule has 0 atom stereocenters. The van der Waals surface area contributed by atoms with Crippen molar-refractivity contribution >= 4 is 32.6 Å². The summed E-state index contributed by atoms with van der Waals surface area (Å²) in [5.41, 5.74) is 0.509. The molecule has 0 fully saturated rings. The first-order valence-electron chi connectivity index (χ1n) is 6.19. The van der Waals surface area contributed by atoms with Gasteiger partial charge in [-0.3, -0.25) is 4.79 Å². The van der Waals surface area contributed by atoms with Gasteiger partial charge in [0.15, 0.2) is 5.13 Å². The van der Waals surface area contributed by atoms with Crippen LogP contribution in [0.15, 0.2) is 18.2 Å². The minimum Gasteiger partial charge on any atom is -0.406 e. The average molecular weight is 318 g/mol. The zero-order valence-corrected chi connectivity index (χ0v) is 12.1. The molecule has 0 aliphatic rings. The van der Waals surface area contributed by atoms with Gasteiger partial charge in [-0.05, 0) is 18.1 Å². The normalized spacial score (nSPS) is 11.9. The van der Waals surface area contributed by atoms with Crippen LogP contribution in [0.1, 0.15) is 20.3 Å². The van der Waals surface area contributed by atoms with Gasteiger partial charge in [0.05, 0.1) is 10.2 Å². The Hall–Kier alpha value is -1.83. The SMILES string of the molecule is CC(C)CC(=O)Nc1nc2ccc(OC(F)(F)F)cc2s1. The van der Waals surface area contributed by atoms with E-state index in [1.807, 2.05) is 13.8 Å². The second-order valence-electron chi connectivity index (χ2n) is 4.84. The fraction of sp³-hybridized carbons (Fsp3) is 0.385. The molecule has 114 valence electrons. The molecule has 1 amide bonds. The Morgan fingerprint density at radius 1 is 1.43 bits per heavy atom. The Balaban J connectivity index is 2.16. The molecule has 0 radical (unpaired) electrons. The maximum atomic E-state index is 12.1. The van der Waals surface area contributed by atoms with Gasteiger partial charge in [0.2, 0.25) is 5.91 Å². The molecule has 0 saturated heterocycles. The van der Waals surface area contributed by atoms with Crippen LogP contribution in [0.2, 0.25) is 0 Å². The Kier molecular flexibility index (Phi) is 4.36. The minimum atomic E-state index is -4.73. The Morgan fingerprint density at radius 2 is 2.14 bits per heavy atom. The number of halogens is 3. The predicted molar refractivity (Wildman–Crippen MR) is 74.4 cm³/mol. The van der Waals surface area contributed by atoms with E-state index in [0.717, 1.165) is 11.3 Å². The van der Waals surface area contributed by atoms with Crippen molar-refractivity contribution in [3.05, 3.63) is 18.2 Å². The number of rotatable bonds is 4. The number of ether oxygens (including phenoxy) is 1. The third kappa shape index (κ3) is 4.59. The zero-order chi connectivity index (χ0) is 15.6. The highest BCUT2D eigenvalue weighted by molar-refractivity contribution is 7.22. The second kappa shape index (κ2) is 5.88. The number of nitrogens with one attached hydrogen (secondary N) is 1. The molecule has 1 N–H and O–H groups in total. The van der Waals surface area contributed by atoms with Crippen molar-refractivity contribution in [3.8, 4) is 5.75 Å². The van der Waals surface area contributed by atoms with Crippen LogP contribution in [-0.2, 0) is 4.79 Å². The molecular weight excluding hydrogens is 305 g/mol. The molecule has 1 heterocycles. The van der Waals surface area contributed by atoms with Gasteiger partial charge in [-0.2, -0.15) is 0 Å². The summed E-state index contributed by atoms with van der Waals surface area (Å²) in [4.78, 5) is 15.8. The van der Waals surface area contributed by atoms with E-state index in [1.165, 1.54) is 18.2 Å². The monoisotopic (exact) mass is 318 g/mol. The lowest BCUT2D eigenvalue weighted by Gasteiger charge is -2.07. The number of hydrogen-bond donors (Lipinski definition) is 1. The zero-order valence-electron chi connectivity index (χ0n) is 11.3. The number of benzene rings is 1. The summed E-state index contributed by atoms with van der Waals surface area (Å²) in [6.07, 6.45) is -4.37. The van der Waals surface area contributed by atoms with Gasteiger partial charge in [-0.15, -0.1) is 13.2 Å². The average Bonchev–Trinajstić information content (AvgIpc) is 2.66. The largest absolute Gasteiger partial charge is 0.573 e. The molecule has 0 aliphatic heterocycles. The van der Waals surface area contributed by atoms with Crippen LogP contribution in [0, 0.1) is 5.92 Å². The van der Waals surface area contributed by atoms with Crippen molar-refractivity contribution in [3.63, 3.8) is 0 Å². The van der Waals surface area contributed by atoms with E-state index in [9.17, 15) is 18.0 Å². The maximum Gasteiger partial charge on any atom is 0.573 e. The van der Waals surface area contributed by atoms with Crippen LogP contribution in [-0.4, -0.2) is 17.3 Å². The van der Waals surface area contributed by atoms with Gasteiger partial charge >= 0.3 is 6.36 Å². The number of nitrogens with zero attached hydrogens (tertiary/aromatic N) is 1.